The number of nitrogens with zero attached hydrogens (tertiary/aromatic N) is 3. The van der Waals surface area contributed by atoms with Gasteiger partial charge in [-0.3, -0.25) is 4.79 Å². The van der Waals surface area contributed by atoms with Crippen LogP contribution < -0.4 is 10.2 Å². The maximum Gasteiger partial charge on any atom is 0.255 e. The largest absolute Gasteiger partial charge is 0.396 e. The zero-order valence-corrected chi connectivity index (χ0v) is 11.4. The lowest BCUT2D eigenvalue weighted by molar-refractivity contribution is -0.120. The van der Waals surface area contributed by atoms with Crippen LogP contribution in [-0.2, 0) is 4.79 Å². The fraction of sp³-hybridized carbons (Fsp3) is 0.615. The molecule has 7 heteroatoms. The molecule has 20 heavy (non-hydrogen) atoms. The van der Waals surface area contributed by atoms with E-state index in [0.29, 0.717) is 25.9 Å². The number of aromatic nitrogens is 2. The van der Waals surface area contributed by atoms with Gasteiger partial charge in [-0.25, -0.2) is 9.97 Å². The summed E-state index contributed by atoms with van der Waals surface area (Å²) in [6.07, 6.45) is 4.07. The Bertz CT molecular complexity index is 471. The quantitative estimate of drug-likeness (QED) is 0.835. The molecule has 1 amide bonds. The summed E-state index contributed by atoms with van der Waals surface area (Å²) in [6.45, 7) is 2.61. The van der Waals surface area contributed by atoms with E-state index in [-0.39, 0.29) is 30.3 Å². The zero-order valence-electron chi connectivity index (χ0n) is 11.4. The highest BCUT2D eigenvalue weighted by Gasteiger charge is 2.28. The van der Waals surface area contributed by atoms with Gasteiger partial charge in [0.2, 0.25) is 5.91 Å². The number of halogens is 1. The van der Waals surface area contributed by atoms with Gasteiger partial charge in [0.1, 0.15) is 0 Å². The van der Waals surface area contributed by atoms with Crippen LogP contribution in [-0.4, -0.2) is 46.7 Å². The fourth-order valence-electron chi connectivity index (χ4n) is 2.57. The highest BCUT2D eigenvalue weighted by Crippen LogP contribution is 2.22. The number of hydrogen-bond acceptors (Lipinski definition) is 5. The number of hydrogen-bond donors (Lipinski definition) is 2. The van der Waals surface area contributed by atoms with Gasteiger partial charge >= 0.3 is 0 Å². The van der Waals surface area contributed by atoms with Crippen LogP contribution >= 0.6 is 0 Å². The molecule has 2 rings (SSSR count). The molecular weight excluding hydrogens is 263 g/mol. The van der Waals surface area contributed by atoms with Crippen molar-refractivity contribution in [2.75, 3.05) is 24.6 Å². The van der Waals surface area contributed by atoms with E-state index in [1.165, 1.54) is 19.3 Å². The Balaban J connectivity index is 2.10. The molecule has 2 heterocycles. The van der Waals surface area contributed by atoms with Gasteiger partial charge in [0.15, 0.2) is 5.82 Å². The molecule has 1 fully saturated rings. The normalized spacial score (nSPS) is 23.2. The molecule has 2 N–H and O–H groups in total. The Labute approximate surface area is 117 Å². The molecule has 2 unspecified atom stereocenters. The summed E-state index contributed by atoms with van der Waals surface area (Å²) in [5, 5.41) is 12.3. The third kappa shape index (κ3) is 3.41. The number of nitrogens with one attached hydrogen (secondary N) is 1. The van der Waals surface area contributed by atoms with Gasteiger partial charge in [-0.05, 0) is 12.8 Å². The third-order valence-electron chi connectivity index (χ3n) is 3.61. The monoisotopic (exact) mass is 282 g/mol. The summed E-state index contributed by atoms with van der Waals surface area (Å²) < 4.78 is 13.7. The van der Waals surface area contributed by atoms with Gasteiger partial charge in [-0.15, -0.1) is 0 Å². The molecule has 0 spiro atoms. The number of aliphatic hydroxyl groups excluding tert-OH is 1. The van der Waals surface area contributed by atoms with E-state index in [9.17, 15) is 14.3 Å². The molecule has 1 aliphatic heterocycles. The average molecular weight is 282 g/mol. The van der Waals surface area contributed by atoms with Crippen molar-refractivity contribution >= 4 is 11.7 Å². The molecular formula is C13H19FN4O2. The molecule has 0 saturated carbocycles. The van der Waals surface area contributed by atoms with Gasteiger partial charge < -0.3 is 15.3 Å². The standard InChI is InChI=1S/C13H19FN4O2/c1-9(20)17-11-3-7-18(6-2-10(11)8-19)13-12(14)15-4-5-16-13/h4-5,10-11,19H,2-3,6-8H2,1H3,(H,17,20). The van der Waals surface area contributed by atoms with E-state index in [1.807, 2.05) is 4.90 Å². The summed E-state index contributed by atoms with van der Waals surface area (Å²) in [5.74, 6) is -0.505. The van der Waals surface area contributed by atoms with Crippen molar-refractivity contribution in [1.82, 2.24) is 15.3 Å². The first-order valence-electron chi connectivity index (χ1n) is 6.71. The lowest BCUT2D eigenvalue weighted by Gasteiger charge is -2.23. The predicted octanol–water partition coefficient (Wildman–Crippen LogP) is 0.329. The van der Waals surface area contributed by atoms with Crippen molar-refractivity contribution in [2.45, 2.75) is 25.8 Å². The molecule has 1 aliphatic rings. The van der Waals surface area contributed by atoms with E-state index in [2.05, 4.69) is 15.3 Å². The summed E-state index contributed by atoms with van der Waals surface area (Å²) >= 11 is 0. The van der Waals surface area contributed by atoms with Crippen LogP contribution in [0, 0.1) is 11.9 Å². The van der Waals surface area contributed by atoms with Crippen LogP contribution in [0.2, 0.25) is 0 Å². The number of rotatable bonds is 3. The minimum absolute atomic E-state index is 0.00172. The Morgan fingerprint density at radius 3 is 2.80 bits per heavy atom. The Kier molecular flexibility index (Phi) is 4.84. The van der Waals surface area contributed by atoms with Crippen molar-refractivity contribution in [3.05, 3.63) is 18.3 Å². The number of carbonyl (C=O) groups excluding carboxylic acids is 1. The van der Waals surface area contributed by atoms with Crippen LogP contribution in [0.4, 0.5) is 10.2 Å². The van der Waals surface area contributed by atoms with Gasteiger partial charge in [-0.2, -0.15) is 4.39 Å². The topological polar surface area (TPSA) is 78.4 Å². The van der Waals surface area contributed by atoms with Crippen LogP contribution in [0.15, 0.2) is 12.4 Å². The van der Waals surface area contributed by atoms with E-state index in [1.54, 1.807) is 0 Å². The fourth-order valence-corrected chi connectivity index (χ4v) is 2.57. The summed E-state index contributed by atoms with van der Waals surface area (Å²) in [6, 6.07) is -0.0952. The third-order valence-corrected chi connectivity index (χ3v) is 3.61. The van der Waals surface area contributed by atoms with Crippen LogP contribution in [0.5, 0.6) is 0 Å². The summed E-state index contributed by atoms with van der Waals surface area (Å²) in [7, 11) is 0. The number of amides is 1. The number of carbonyl (C=O) groups is 1. The smallest absolute Gasteiger partial charge is 0.255 e. The molecule has 1 aromatic rings. The van der Waals surface area contributed by atoms with Crippen molar-refractivity contribution in [3.63, 3.8) is 0 Å². The van der Waals surface area contributed by atoms with Gasteiger partial charge in [0, 0.05) is 51.0 Å². The minimum Gasteiger partial charge on any atom is -0.396 e. The Morgan fingerprint density at radius 2 is 2.15 bits per heavy atom. The Hall–Kier alpha value is -1.76. The molecule has 0 radical (unpaired) electrons. The summed E-state index contributed by atoms with van der Waals surface area (Å²) in [5.41, 5.74) is 0. The summed E-state index contributed by atoms with van der Waals surface area (Å²) in [4.78, 5) is 20.6. The maximum absolute atomic E-state index is 13.7. The van der Waals surface area contributed by atoms with Gasteiger partial charge in [0.25, 0.3) is 5.95 Å². The molecule has 1 aromatic heterocycles. The molecule has 0 bridgehead atoms. The second-order valence-corrected chi connectivity index (χ2v) is 4.98. The van der Waals surface area contributed by atoms with Crippen molar-refractivity contribution in [3.8, 4) is 0 Å². The van der Waals surface area contributed by atoms with E-state index >= 15 is 0 Å². The Morgan fingerprint density at radius 1 is 1.45 bits per heavy atom. The molecule has 110 valence electrons. The second-order valence-electron chi connectivity index (χ2n) is 4.98. The SMILES string of the molecule is CC(=O)NC1CCN(c2nccnc2F)CCC1CO. The predicted molar refractivity (Wildman–Crippen MR) is 71.6 cm³/mol. The van der Waals surface area contributed by atoms with E-state index in [4.69, 9.17) is 0 Å². The lowest BCUT2D eigenvalue weighted by Crippen LogP contribution is -2.40. The first kappa shape index (κ1) is 14.6. The highest BCUT2D eigenvalue weighted by atomic mass is 19.1. The van der Waals surface area contributed by atoms with Gasteiger partial charge in [-0.1, -0.05) is 0 Å². The van der Waals surface area contributed by atoms with E-state index in [0.717, 1.165) is 0 Å². The van der Waals surface area contributed by atoms with E-state index < -0.39 is 5.95 Å². The lowest BCUT2D eigenvalue weighted by atomic mass is 9.96. The highest BCUT2D eigenvalue weighted by molar-refractivity contribution is 5.73. The minimum atomic E-state index is -0.592. The zero-order chi connectivity index (χ0) is 14.5. The number of aliphatic hydroxyl groups is 1. The van der Waals surface area contributed by atoms with Crippen molar-refractivity contribution < 1.29 is 14.3 Å². The van der Waals surface area contributed by atoms with Crippen molar-refractivity contribution in [2.24, 2.45) is 5.92 Å². The van der Waals surface area contributed by atoms with Crippen LogP contribution in [0.25, 0.3) is 0 Å². The molecule has 6 nitrogen and oxygen atoms in total. The molecule has 0 aromatic carbocycles. The van der Waals surface area contributed by atoms with Gasteiger partial charge in [0.05, 0.1) is 0 Å². The van der Waals surface area contributed by atoms with Crippen LogP contribution in [0.3, 0.4) is 0 Å². The average Bonchev–Trinajstić information content (AvgIpc) is 2.61. The second kappa shape index (κ2) is 6.60. The number of anilines is 1. The molecule has 0 aliphatic carbocycles. The first-order valence-corrected chi connectivity index (χ1v) is 6.71. The maximum atomic E-state index is 13.7. The first-order chi connectivity index (χ1) is 9.61. The van der Waals surface area contributed by atoms with Crippen molar-refractivity contribution in [1.29, 1.82) is 0 Å². The molecule has 2 atom stereocenters. The van der Waals surface area contributed by atoms with Crippen LogP contribution in [0.1, 0.15) is 19.8 Å². The molecule has 1 saturated heterocycles.